The van der Waals surface area contributed by atoms with Gasteiger partial charge in [0, 0.05) is 11.6 Å². The van der Waals surface area contributed by atoms with Crippen LogP contribution in [-0.4, -0.2) is 22.9 Å². The number of halogens is 1. The molecule has 2 atom stereocenters. The van der Waals surface area contributed by atoms with Crippen LogP contribution in [0, 0.1) is 11.8 Å². The summed E-state index contributed by atoms with van der Waals surface area (Å²) in [5.41, 5.74) is 5.78. The third-order valence-electron chi connectivity index (χ3n) is 3.65. The molecule has 2 unspecified atom stereocenters. The Labute approximate surface area is 126 Å². The molecule has 2 rings (SSSR count). The van der Waals surface area contributed by atoms with E-state index >= 15 is 0 Å². The number of carbonyl (C=O) groups is 3. The van der Waals surface area contributed by atoms with Gasteiger partial charge in [0.2, 0.25) is 11.8 Å². The van der Waals surface area contributed by atoms with Crippen LogP contribution in [0.1, 0.15) is 29.6 Å². The number of carboxylic acids is 1. The van der Waals surface area contributed by atoms with Crippen LogP contribution in [0.4, 0.5) is 5.69 Å². The molecule has 1 fully saturated rings. The summed E-state index contributed by atoms with van der Waals surface area (Å²) >= 11 is 5.90. The molecule has 6 nitrogen and oxygen atoms in total. The minimum atomic E-state index is -0.862. The van der Waals surface area contributed by atoms with E-state index in [4.69, 9.17) is 22.4 Å². The van der Waals surface area contributed by atoms with Crippen LogP contribution in [0.3, 0.4) is 0 Å². The van der Waals surface area contributed by atoms with Crippen molar-refractivity contribution in [3.63, 3.8) is 0 Å². The van der Waals surface area contributed by atoms with E-state index in [-0.39, 0.29) is 22.4 Å². The van der Waals surface area contributed by atoms with Crippen molar-refractivity contribution in [1.29, 1.82) is 0 Å². The molecule has 0 aliphatic heterocycles. The largest absolute Gasteiger partial charge is 0.481 e. The smallest absolute Gasteiger partial charge is 0.306 e. The normalized spacial score (nSPS) is 21.0. The molecule has 1 aliphatic rings. The van der Waals surface area contributed by atoms with Gasteiger partial charge in [-0.1, -0.05) is 11.6 Å². The highest BCUT2D eigenvalue weighted by Gasteiger charge is 2.33. The van der Waals surface area contributed by atoms with E-state index in [0.29, 0.717) is 24.9 Å². The van der Waals surface area contributed by atoms with Crippen LogP contribution in [0.2, 0.25) is 5.02 Å². The highest BCUT2D eigenvalue weighted by Crippen LogP contribution is 2.32. The Morgan fingerprint density at radius 1 is 1.24 bits per heavy atom. The molecule has 0 radical (unpaired) electrons. The summed E-state index contributed by atoms with van der Waals surface area (Å²) in [5, 5.41) is 11.8. The standard InChI is InChI=1S/C14H15ClN2O4/c15-11-6-9(3-4-10(11)12(16)18)17-13(19)7-1-2-8(5-7)14(20)21/h3-4,6-8H,1-2,5H2,(H2,16,18)(H,17,19)(H,20,21). The van der Waals surface area contributed by atoms with Crippen LogP contribution in [0.5, 0.6) is 0 Å². The van der Waals surface area contributed by atoms with Crippen LogP contribution >= 0.6 is 11.6 Å². The lowest BCUT2D eigenvalue weighted by Gasteiger charge is -2.11. The zero-order valence-corrected chi connectivity index (χ0v) is 11.9. The van der Waals surface area contributed by atoms with Crippen molar-refractivity contribution < 1.29 is 19.5 Å². The second kappa shape index (κ2) is 6.13. The number of primary amides is 1. The van der Waals surface area contributed by atoms with Crippen molar-refractivity contribution in [2.24, 2.45) is 17.6 Å². The number of carbonyl (C=O) groups excluding carboxylic acids is 2. The Hall–Kier alpha value is -2.08. The number of nitrogens with two attached hydrogens (primary N) is 1. The van der Waals surface area contributed by atoms with Crippen LogP contribution in [0.25, 0.3) is 0 Å². The molecule has 1 saturated carbocycles. The van der Waals surface area contributed by atoms with Gasteiger partial charge < -0.3 is 16.2 Å². The van der Waals surface area contributed by atoms with Crippen molar-refractivity contribution in [2.75, 3.05) is 5.32 Å². The van der Waals surface area contributed by atoms with Crippen molar-refractivity contribution in [3.8, 4) is 0 Å². The molecule has 0 heterocycles. The van der Waals surface area contributed by atoms with Gasteiger partial charge in [0.1, 0.15) is 0 Å². The third-order valence-corrected chi connectivity index (χ3v) is 3.97. The van der Waals surface area contributed by atoms with Crippen molar-refractivity contribution >= 4 is 35.1 Å². The molecule has 1 aromatic carbocycles. The molecule has 0 spiro atoms. The second-order valence-electron chi connectivity index (χ2n) is 5.09. The number of nitrogens with one attached hydrogen (secondary N) is 1. The van der Waals surface area contributed by atoms with Crippen molar-refractivity contribution in [3.05, 3.63) is 28.8 Å². The Kier molecular flexibility index (Phi) is 4.47. The molecule has 4 N–H and O–H groups in total. The molecule has 1 aromatic rings. The van der Waals surface area contributed by atoms with Gasteiger partial charge in [-0.15, -0.1) is 0 Å². The van der Waals surface area contributed by atoms with E-state index < -0.39 is 17.8 Å². The lowest BCUT2D eigenvalue weighted by Crippen LogP contribution is -2.22. The number of rotatable bonds is 4. The first-order chi connectivity index (χ1) is 9.88. The van der Waals surface area contributed by atoms with Gasteiger partial charge >= 0.3 is 5.97 Å². The highest BCUT2D eigenvalue weighted by molar-refractivity contribution is 6.34. The van der Waals surface area contributed by atoms with E-state index in [0.717, 1.165) is 0 Å². The Morgan fingerprint density at radius 2 is 1.90 bits per heavy atom. The minimum absolute atomic E-state index is 0.162. The zero-order valence-electron chi connectivity index (χ0n) is 11.1. The van der Waals surface area contributed by atoms with E-state index in [2.05, 4.69) is 5.32 Å². The molecular weight excluding hydrogens is 296 g/mol. The van der Waals surface area contributed by atoms with E-state index in [1.165, 1.54) is 18.2 Å². The maximum Gasteiger partial charge on any atom is 0.306 e. The van der Waals surface area contributed by atoms with Crippen LogP contribution in [-0.2, 0) is 9.59 Å². The average Bonchev–Trinajstić information content (AvgIpc) is 2.88. The molecule has 0 bridgehead atoms. The summed E-state index contributed by atoms with van der Waals surface area (Å²) in [6.07, 6.45) is 1.40. The fraction of sp³-hybridized carbons (Fsp3) is 0.357. The molecule has 2 amide bonds. The van der Waals surface area contributed by atoms with E-state index in [9.17, 15) is 14.4 Å². The van der Waals surface area contributed by atoms with Crippen molar-refractivity contribution in [2.45, 2.75) is 19.3 Å². The third kappa shape index (κ3) is 3.52. The SMILES string of the molecule is NC(=O)c1ccc(NC(=O)C2CCC(C(=O)O)C2)cc1Cl. The van der Waals surface area contributed by atoms with Gasteiger partial charge in [-0.05, 0) is 37.5 Å². The first kappa shape index (κ1) is 15.3. The van der Waals surface area contributed by atoms with Crippen molar-refractivity contribution in [1.82, 2.24) is 0 Å². The number of aliphatic carboxylic acids is 1. The van der Waals surface area contributed by atoms with Gasteiger partial charge in [-0.2, -0.15) is 0 Å². The first-order valence-corrected chi connectivity index (χ1v) is 6.89. The summed E-state index contributed by atoms with van der Waals surface area (Å²) in [7, 11) is 0. The van der Waals surface area contributed by atoms with Crippen LogP contribution in [0.15, 0.2) is 18.2 Å². The maximum atomic E-state index is 12.1. The maximum absolute atomic E-state index is 12.1. The Balaban J connectivity index is 2.02. The van der Waals surface area contributed by atoms with E-state index in [1.54, 1.807) is 0 Å². The minimum Gasteiger partial charge on any atom is -0.481 e. The molecule has 112 valence electrons. The lowest BCUT2D eigenvalue weighted by atomic mass is 10.0. The fourth-order valence-corrected chi connectivity index (χ4v) is 2.75. The molecule has 0 saturated heterocycles. The molecule has 1 aliphatic carbocycles. The Morgan fingerprint density at radius 3 is 2.43 bits per heavy atom. The zero-order chi connectivity index (χ0) is 15.6. The number of carboxylic acid groups (broad SMARTS) is 1. The average molecular weight is 311 g/mol. The van der Waals surface area contributed by atoms with Gasteiger partial charge in [-0.25, -0.2) is 0 Å². The van der Waals surface area contributed by atoms with Gasteiger partial charge in [-0.3, -0.25) is 14.4 Å². The summed E-state index contributed by atoms with van der Waals surface area (Å²) in [6, 6.07) is 4.42. The number of amides is 2. The summed E-state index contributed by atoms with van der Waals surface area (Å²) in [6.45, 7) is 0. The number of hydrogen-bond donors (Lipinski definition) is 3. The number of hydrogen-bond acceptors (Lipinski definition) is 3. The predicted molar refractivity (Wildman–Crippen MR) is 77.1 cm³/mol. The Bertz CT molecular complexity index is 603. The van der Waals surface area contributed by atoms with Gasteiger partial charge in [0.15, 0.2) is 0 Å². The summed E-state index contributed by atoms with van der Waals surface area (Å²) in [4.78, 5) is 34.0. The molecular formula is C14H15ClN2O4. The van der Waals surface area contributed by atoms with Crippen LogP contribution < -0.4 is 11.1 Å². The van der Waals surface area contributed by atoms with E-state index in [1.807, 2.05) is 0 Å². The number of anilines is 1. The first-order valence-electron chi connectivity index (χ1n) is 6.51. The lowest BCUT2D eigenvalue weighted by molar-refractivity contribution is -0.141. The topological polar surface area (TPSA) is 109 Å². The monoisotopic (exact) mass is 310 g/mol. The molecule has 21 heavy (non-hydrogen) atoms. The summed E-state index contributed by atoms with van der Waals surface area (Å²) in [5.74, 6) is -2.51. The molecule has 7 heteroatoms. The highest BCUT2D eigenvalue weighted by atomic mass is 35.5. The molecule has 0 aromatic heterocycles. The summed E-state index contributed by atoms with van der Waals surface area (Å²) < 4.78 is 0. The fourth-order valence-electron chi connectivity index (χ4n) is 2.48. The number of benzene rings is 1. The van der Waals surface area contributed by atoms with Gasteiger partial charge in [0.05, 0.1) is 16.5 Å². The quantitative estimate of drug-likeness (QED) is 0.788. The predicted octanol–water partition coefficient (Wildman–Crippen LogP) is 1.88. The van der Waals surface area contributed by atoms with Gasteiger partial charge in [0.25, 0.3) is 0 Å². The second-order valence-corrected chi connectivity index (χ2v) is 5.50.